The van der Waals surface area contributed by atoms with Crippen LogP contribution in [0, 0.1) is 0 Å². The highest BCUT2D eigenvalue weighted by Gasteiger charge is 2.11. The van der Waals surface area contributed by atoms with E-state index in [9.17, 15) is 14.4 Å². The minimum atomic E-state index is -0.568. The fraction of sp³-hybridized carbons (Fsp3) is 0.364. The Hall–Kier alpha value is -2.35. The van der Waals surface area contributed by atoms with E-state index in [-0.39, 0.29) is 31.7 Å². The molecule has 104 valence electrons. The first kappa shape index (κ1) is 14.7. The molecule has 2 amide bonds. The number of nitrogens with two attached hydrogens (primary N) is 3. The van der Waals surface area contributed by atoms with Gasteiger partial charge in [0, 0.05) is 31.0 Å². The number of carbonyl (C=O) groups excluding carboxylic acids is 2. The number of nitrogen functional groups attached to an aromatic ring is 1. The van der Waals surface area contributed by atoms with Crippen LogP contribution in [0.5, 0.6) is 0 Å². The van der Waals surface area contributed by atoms with E-state index in [1.807, 2.05) is 0 Å². The topological polar surface area (TPSA) is 137 Å². The predicted octanol–water partition coefficient (Wildman–Crippen LogP) is -2.30. The van der Waals surface area contributed by atoms with Gasteiger partial charge in [-0.2, -0.15) is 0 Å². The Kier molecular flexibility index (Phi) is 5.07. The maximum Gasteiger partial charge on any atom is 0.250 e. The molecule has 0 aliphatic heterocycles. The second-order valence-electron chi connectivity index (χ2n) is 4.14. The van der Waals surface area contributed by atoms with Gasteiger partial charge in [0.2, 0.25) is 11.8 Å². The number of aromatic nitrogens is 1. The van der Waals surface area contributed by atoms with Gasteiger partial charge >= 0.3 is 0 Å². The molecule has 0 radical (unpaired) electrons. The number of nitrogens with zero attached hydrogens (tertiary/aromatic N) is 2. The highest BCUT2D eigenvalue weighted by atomic mass is 16.2. The fourth-order valence-electron chi connectivity index (χ4n) is 1.63. The zero-order valence-electron chi connectivity index (χ0n) is 10.4. The average Bonchev–Trinajstić information content (AvgIpc) is 2.28. The molecule has 0 bridgehead atoms. The van der Waals surface area contributed by atoms with E-state index in [2.05, 4.69) is 0 Å². The Morgan fingerprint density at radius 1 is 1.16 bits per heavy atom. The van der Waals surface area contributed by atoms with E-state index in [1.54, 1.807) is 0 Å². The summed E-state index contributed by atoms with van der Waals surface area (Å²) in [6.07, 6.45) is 1.50. The molecule has 19 heavy (non-hydrogen) atoms. The molecule has 1 aromatic rings. The van der Waals surface area contributed by atoms with Crippen LogP contribution in [-0.4, -0.2) is 40.9 Å². The molecule has 0 aliphatic carbocycles. The van der Waals surface area contributed by atoms with Crippen LogP contribution in [-0.2, 0) is 16.1 Å². The molecule has 8 nitrogen and oxygen atoms in total. The van der Waals surface area contributed by atoms with Gasteiger partial charge in [-0.15, -0.1) is 0 Å². The third-order valence-corrected chi connectivity index (χ3v) is 2.42. The van der Waals surface area contributed by atoms with Crippen LogP contribution in [0.25, 0.3) is 0 Å². The van der Waals surface area contributed by atoms with Crippen LogP contribution < -0.4 is 22.8 Å². The number of pyridine rings is 1. The largest absolute Gasteiger partial charge is 0.398 e. The summed E-state index contributed by atoms with van der Waals surface area (Å²) in [6.45, 7) is 0.375. The summed E-state index contributed by atoms with van der Waals surface area (Å²) in [5.41, 5.74) is 16.0. The Morgan fingerprint density at radius 3 is 2.26 bits per heavy atom. The summed E-state index contributed by atoms with van der Waals surface area (Å²) >= 11 is 0. The molecule has 1 aromatic heterocycles. The second kappa shape index (κ2) is 6.55. The molecule has 1 heterocycles. The Bertz CT molecular complexity index is 509. The summed E-state index contributed by atoms with van der Waals surface area (Å²) in [5, 5.41) is 0. The molecule has 0 aliphatic rings. The molecule has 0 fully saturated rings. The fourth-order valence-corrected chi connectivity index (χ4v) is 1.63. The number of primary amides is 2. The quantitative estimate of drug-likeness (QED) is 0.510. The number of anilines is 1. The highest BCUT2D eigenvalue weighted by molar-refractivity contribution is 5.79. The van der Waals surface area contributed by atoms with Crippen molar-refractivity contribution in [2.24, 2.45) is 11.5 Å². The van der Waals surface area contributed by atoms with Crippen molar-refractivity contribution in [1.29, 1.82) is 0 Å². The van der Waals surface area contributed by atoms with Gasteiger partial charge in [0.1, 0.15) is 0 Å². The lowest BCUT2D eigenvalue weighted by Crippen LogP contribution is -2.41. The molecule has 1 rings (SSSR count). The Balaban J connectivity index is 2.69. The zero-order valence-corrected chi connectivity index (χ0v) is 10.4. The lowest BCUT2D eigenvalue weighted by Gasteiger charge is -2.19. The van der Waals surface area contributed by atoms with Gasteiger partial charge in [-0.1, -0.05) is 0 Å². The minimum absolute atomic E-state index is 0.0972. The SMILES string of the molecule is NC(=O)CN(CCn1cc(N)ccc1=O)CC(N)=O. The van der Waals surface area contributed by atoms with Crippen LogP contribution in [0.1, 0.15) is 0 Å². The first-order chi connectivity index (χ1) is 8.88. The van der Waals surface area contributed by atoms with Gasteiger partial charge in [0.05, 0.1) is 13.1 Å². The highest BCUT2D eigenvalue weighted by Crippen LogP contribution is 1.97. The Labute approximate surface area is 109 Å². The van der Waals surface area contributed by atoms with E-state index in [0.717, 1.165) is 0 Å². The predicted molar refractivity (Wildman–Crippen MR) is 69.9 cm³/mol. The summed E-state index contributed by atoms with van der Waals surface area (Å²) in [6, 6.07) is 2.85. The van der Waals surface area contributed by atoms with Crippen LogP contribution in [0.3, 0.4) is 0 Å². The molecule has 0 spiro atoms. The lowest BCUT2D eigenvalue weighted by atomic mass is 10.4. The summed E-state index contributed by atoms with van der Waals surface area (Å²) in [4.78, 5) is 34.7. The third kappa shape index (κ3) is 5.21. The minimum Gasteiger partial charge on any atom is -0.398 e. The number of rotatable bonds is 7. The number of hydrogen-bond donors (Lipinski definition) is 3. The number of hydrogen-bond acceptors (Lipinski definition) is 5. The van der Waals surface area contributed by atoms with Gasteiger partial charge in [0.15, 0.2) is 0 Å². The summed E-state index contributed by atoms with van der Waals surface area (Å²) in [5.74, 6) is -1.14. The standard InChI is InChI=1S/C11H17N5O3/c12-8-1-2-11(19)16(5-8)4-3-15(6-9(13)17)7-10(14)18/h1-2,5H,3-4,6-7,12H2,(H2,13,17)(H2,14,18). The summed E-state index contributed by atoms with van der Waals surface area (Å²) in [7, 11) is 0. The van der Waals surface area contributed by atoms with Crippen molar-refractivity contribution in [2.45, 2.75) is 6.54 Å². The summed E-state index contributed by atoms with van der Waals surface area (Å²) < 4.78 is 1.39. The molecule has 0 saturated heterocycles. The van der Waals surface area contributed by atoms with Crippen molar-refractivity contribution in [2.75, 3.05) is 25.4 Å². The number of amides is 2. The third-order valence-electron chi connectivity index (χ3n) is 2.42. The molecule has 8 heteroatoms. The molecule has 0 unspecified atom stereocenters. The van der Waals surface area contributed by atoms with Crippen molar-refractivity contribution in [1.82, 2.24) is 9.47 Å². The average molecular weight is 267 g/mol. The maximum atomic E-state index is 11.5. The maximum absolute atomic E-state index is 11.5. The Morgan fingerprint density at radius 2 is 1.74 bits per heavy atom. The first-order valence-electron chi connectivity index (χ1n) is 5.63. The van der Waals surface area contributed by atoms with E-state index >= 15 is 0 Å². The molecule has 0 saturated carbocycles. The van der Waals surface area contributed by atoms with Gasteiger partial charge in [-0.3, -0.25) is 19.3 Å². The first-order valence-corrected chi connectivity index (χ1v) is 5.63. The van der Waals surface area contributed by atoms with E-state index in [4.69, 9.17) is 17.2 Å². The van der Waals surface area contributed by atoms with Gasteiger partial charge in [-0.25, -0.2) is 0 Å². The van der Waals surface area contributed by atoms with Crippen LogP contribution in [0.15, 0.2) is 23.1 Å². The van der Waals surface area contributed by atoms with Crippen LogP contribution in [0.2, 0.25) is 0 Å². The molecule has 6 N–H and O–H groups in total. The van der Waals surface area contributed by atoms with E-state index in [0.29, 0.717) is 5.69 Å². The van der Waals surface area contributed by atoms with Crippen molar-refractivity contribution in [3.8, 4) is 0 Å². The van der Waals surface area contributed by atoms with Gasteiger partial charge < -0.3 is 21.8 Å². The van der Waals surface area contributed by atoms with Gasteiger partial charge in [0.25, 0.3) is 5.56 Å². The van der Waals surface area contributed by atoms with E-state index in [1.165, 1.54) is 27.8 Å². The zero-order chi connectivity index (χ0) is 14.4. The van der Waals surface area contributed by atoms with Crippen molar-refractivity contribution < 1.29 is 9.59 Å². The van der Waals surface area contributed by atoms with E-state index < -0.39 is 11.8 Å². The molecule has 0 aromatic carbocycles. The number of carbonyl (C=O) groups is 2. The van der Waals surface area contributed by atoms with Crippen LogP contribution >= 0.6 is 0 Å². The van der Waals surface area contributed by atoms with Crippen molar-refractivity contribution in [3.63, 3.8) is 0 Å². The monoisotopic (exact) mass is 267 g/mol. The normalized spacial score (nSPS) is 10.6. The van der Waals surface area contributed by atoms with Crippen LogP contribution in [0.4, 0.5) is 5.69 Å². The lowest BCUT2D eigenvalue weighted by molar-refractivity contribution is -0.121. The van der Waals surface area contributed by atoms with Gasteiger partial charge in [-0.05, 0) is 6.07 Å². The molecular weight excluding hydrogens is 250 g/mol. The second-order valence-corrected chi connectivity index (χ2v) is 4.14. The van der Waals surface area contributed by atoms with Crippen molar-refractivity contribution >= 4 is 17.5 Å². The smallest absolute Gasteiger partial charge is 0.250 e. The molecule has 0 atom stereocenters. The molecular formula is C11H17N5O3. The van der Waals surface area contributed by atoms with Crippen molar-refractivity contribution in [3.05, 3.63) is 28.7 Å².